The summed E-state index contributed by atoms with van der Waals surface area (Å²) in [5, 5.41) is 13.1. The van der Waals surface area contributed by atoms with Crippen LogP contribution in [0.2, 0.25) is 0 Å². The molecule has 2 rings (SSSR count). The van der Waals surface area contributed by atoms with E-state index in [1.54, 1.807) is 11.3 Å². The summed E-state index contributed by atoms with van der Waals surface area (Å²) in [4.78, 5) is 4.24. The maximum Gasteiger partial charge on any atom is 0.189 e. The fourth-order valence-corrected chi connectivity index (χ4v) is 2.44. The largest absolute Gasteiger partial charge is 0.376 e. The van der Waals surface area contributed by atoms with E-state index in [1.165, 1.54) is 0 Å². The molecule has 1 aliphatic heterocycles. The summed E-state index contributed by atoms with van der Waals surface area (Å²) in [6, 6.07) is 0. The van der Waals surface area contributed by atoms with E-state index >= 15 is 0 Å². The number of nitrogens with two attached hydrogens (primary N) is 1. The Labute approximate surface area is 111 Å². The van der Waals surface area contributed by atoms with Crippen LogP contribution in [0.25, 0.3) is 0 Å². The van der Waals surface area contributed by atoms with Crippen LogP contribution >= 0.6 is 11.3 Å². The van der Waals surface area contributed by atoms with Gasteiger partial charge in [-0.15, -0.1) is 10.2 Å². The zero-order valence-corrected chi connectivity index (χ0v) is 11.4. The van der Waals surface area contributed by atoms with Crippen molar-refractivity contribution in [1.29, 1.82) is 0 Å². The van der Waals surface area contributed by atoms with E-state index in [-0.39, 0.29) is 6.10 Å². The van der Waals surface area contributed by atoms with Gasteiger partial charge in [-0.05, 0) is 19.3 Å². The average Bonchev–Trinajstić information content (AvgIpc) is 3.04. The van der Waals surface area contributed by atoms with Crippen LogP contribution in [0.4, 0.5) is 0 Å². The number of aliphatic imine (C=N–C) groups is 1. The standard InChI is InChI=1S/C11H19N5OS/c1-2-9-15-16-10(18-9)7-14-11(12)13-6-8-4-3-5-17-8/h8H,2-7H2,1H3,(H3,12,13,14). The Balaban J connectivity index is 1.73. The molecular weight excluding hydrogens is 250 g/mol. The smallest absolute Gasteiger partial charge is 0.189 e. The van der Waals surface area contributed by atoms with E-state index < -0.39 is 0 Å². The van der Waals surface area contributed by atoms with Crippen molar-refractivity contribution >= 4 is 17.3 Å². The van der Waals surface area contributed by atoms with Crippen LogP contribution in [-0.4, -0.2) is 35.4 Å². The van der Waals surface area contributed by atoms with E-state index in [4.69, 9.17) is 10.5 Å². The highest BCUT2D eigenvalue weighted by molar-refractivity contribution is 7.11. The quantitative estimate of drug-likeness (QED) is 0.606. The van der Waals surface area contributed by atoms with Gasteiger partial charge in [-0.25, -0.2) is 4.99 Å². The molecule has 6 nitrogen and oxygen atoms in total. The van der Waals surface area contributed by atoms with Gasteiger partial charge in [-0.2, -0.15) is 0 Å². The first-order chi connectivity index (χ1) is 8.78. The molecule has 18 heavy (non-hydrogen) atoms. The molecule has 1 aromatic rings. The Morgan fingerprint density at radius 2 is 2.39 bits per heavy atom. The average molecular weight is 269 g/mol. The van der Waals surface area contributed by atoms with Crippen molar-refractivity contribution in [2.45, 2.75) is 38.8 Å². The molecule has 1 unspecified atom stereocenters. The highest BCUT2D eigenvalue weighted by Crippen LogP contribution is 2.11. The van der Waals surface area contributed by atoms with Crippen molar-refractivity contribution in [3.8, 4) is 0 Å². The molecule has 100 valence electrons. The van der Waals surface area contributed by atoms with Crippen LogP contribution in [0.5, 0.6) is 0 Å². The third-order valence-corrected chi connectivity index (χ3v) is 3.78. The molecule has 1 saturated heterocycles. The maximum atomic E-state index is 5.78. The number of aryl methyl sites for hydroxylation is 1. The first-order valence-electron chi connectivity index (χ1n) is 6.24. The Morgan fingerprint density at radius 1 is 1.56 bits per heavy atom. The highest BCUT2D eigenvalue weighted by Gasteiger charge is 2.14. The van der Waals surface area contributed by atoms with Crippen LogP contribution in [0.3, 0.4) is 0 Å². The number of hydrogen-bond donors (Lipinski definition) is 2. The molecule has 0 aliphatic carbocycles. The highest BCUT2D eigenvalue weighted by atomic mass is 32.1. The molecule has 1 aromatic heterocycles. The van der Waals surface area contributed by atoms with Gasteiger partial charge >= 0.3 is 0 Å². The topological polar surface area (TPSA) is 85.4 Å². The second kappa shape index (κ2) is 6.65. The van der Waals surface area contributed by atoms with Gasteiger partial charge in [0.2, 0.25) is 0 Å². The minimum Gasteiger partial charge on any atom is -0.376 e. The molecular formula is C11H19N5OS. The van der Waals surface area contributed by atoms with Gasteiger partial charge in [0.15, 0.2) is 5.96 Å². The third-order valence-electron chi connectivity index (χ3n) is 2.73. The number of nitrogens with zero attached hydrogens (tertiary/aromatic N) is 3. The SMILES string of the molecule is CCc1nnc(CN=C(N)NCC2CCCO2)s1. The summed E-state index contributed by atoms with van der Waals surface area (Å²) in [6.45, 7) is 4.13. The second-order valence-corrected chi connectivity index (χ2v) is 5.31. The van der Waals surface area contributed by atoms with Crippen LogP contribution in [0.1, 0.15) is 29.8 Å². The predicted molar refractivity (Wildman–Crippen MR) is 71.6 cm³/mol. The number of hydrogen-bond acceptors (Lipinski definition) is 5. The lowest BCUT2D eigenvalue weighted by Crippen LogP contribution is -2.37. The van der Waals surface area contributed by atoms with Crippen molar-refractivity contribution in [3.05, 3.63) is 10.0 Å². The summed E-state index contributed by atoms with van der Waals surface area (Å²) >= 11 is 1.58. The Bertz CT molecular complexity index is 400. The number of nitrogens with one attached hydrogen (secondary N) is 1. The van der Waals surface area contributed by atoms with E-state index in [9.17, 15) is 0 Å². The first-order valence-corrected chi connectivity index (χ1v) is 7.06. The van der Waals surface area contributed by atoms with Crippen LogP contribution < -0.4 is 11.1 Å². The van der Waals surface area contributed by atoms with E-state index in [1.807, 2.05) is 0 Å². The van der Waals surface area contributed by atoms with Crippen molar-refractivity contribution in [2.24, 2.45) is 10.7 Å². The summed E-state index contributed by atoms with van der Waals surface area (Å²) in [7, 11) is 0. The molecule has 0 bridgehead atoms. The molecule has 0 saturated carbocycles. The molecule has 1 aliphatic rings. The molecule has 1 atom stereocenters. The van der Waals surface area contributed by atoms with Gasteiger partial charge < -0.3 is 15.8 Å². The number of rotatable bonds is 5. The monoisotopic (exact) mass is 269 g/mol. The maximum absolute atomic E-state index is 5.78. The van der Waals surface area contributed by atoms with E-state index in [0.29, 0.717) is 12.5 Å². The van der Waals surface area contributed by atoms with E-state index in [0.717, 1.165) is 42.4 Å². The lowest BCUT2D eigenvalue weighted by atomic mass is 10.2. The lowest BCUT2D eigenvalue weighted by molar-refractivity contribution is 0.114. The first kappa shape index (κ1) is 13.2. The molecule has 0 radical (unpaired) electrons. The van der Waals surface area contributed by atoms with Gasteiger partial charge in [0.1, 0.15) is 10.0 Å². The van der Waals surface area contributed by atoms with E-state index in [2.05, 4.69) is 27.4 Å². The lowest BCUT2D eigenvalue weighted by Gasteiger charge is -2.10. The number of aromatic nitrogens is 2. The van der Waals surface area contributed by atoms with Crippen molar-refractivity contribution in [1.82, 2.24) is 15.5 Å². The minimum absolute atomic E-state index is 0.270. The predicted octanol–water partition coefficient (Wildman–Crippen LogP) is 0.684. The third kappa shape index (κ3) is 3.92. The molecule has 0 spiro atoms. The number of ether oxygens (including phenoxy) is 1. The van der Waals surface area contributed by atoms with Crippen LogP contribution in [-0.2, 0) is 17.7 Å². The van der Waals surface area contributed by atoms with Gasteiger partial charge in [0.25, 0.3) is 0 Å². The van der Waals surface area contributed by atoms with Gasteiger partial charge in [0.05, 0.1) is 12.6 Å². The zero-order chi connectivity index (χ0) is 12.8. The minimum atomic E-state index is 0.270. The summed E-state index contributed by atoms with van der Waals surface area (Å²) in [5.74, 6) is 0.443. The molecule has 3 N–H and O–H groups in total. The summed E-state index contributed by atoms with van der Waals surface area (Å²) in [5.41, 5.74) is 5.78. The Morgan fingerprint density at radius 3 is 3.06 bits per heavy atom. The molecule has 0 aromatic carbocycles. The molecule has 7 heteroatoms. The fraction of sp³-hybridized carbons (Fsp3) is 0.727. The zero-order valence-electron chi connectivity index (χ0n) is 10.6. The van der Waals surface area contributed by atoms with Gasteiger partial charge in [-0.3, -0.25) is 0 Å². The Hall–Kier alpha value is -1.21. The number of guanidine groups is 1. The normalized spacial score (nSPS) is 20.3. The molecule has 2 heterocycles. The van der Waals surface area contributed by atoms with Crippen molar-refractivity contribution in [3.63, 3.8) is 0 Å². The Kier molecular flexibility index (Phi) is 4.89. The van der Waals surface area contributed by atoms with Crippen molar-refractivity contribution in [2.75, 3.05) is 13.2 Å². The van der Waals surface area contributed by atoms with Crippen LogP contribution in [0, 0.1) is 0 Å². The summed E-state index contributed by atoms with van der Waals surface area (Å²) in [6.07, 6.45) is 3.41. The van der Waals surface area contributed by atoms with Gasteiger partial charge in [-0.1, -0.05) is 18.3 Å². The van der Waals surface area contributed by atoms with Crippen molar-refractivity contribution < 1.29 is 4.74 Å². The molecule has 0 amide bonds. The molecule has 1 fully saturated rings. The fourth-order valence-electron chi connectivity index (χ4n) is 1.73. The second-order valence-electron chi connectivity index (χ2n) is 4.16. The van der Waals surface area contributed by atoms with Crippen LogP contribution in [0.15, 0.2) is 4.99 Å². The van der Waals surface area contributed by atoms with Gasteiger partial charge in [0, 0.05) is 13.2 Å². The summed E-state index contributed by atoms with van der Waals surface area (Å²) < 4.78 is 5.49.